The summed E-state index contributed by atoms with van der Waals surface area (Å²) in [7, 11) is 1.25. The number of methoxy groups -OCH3 is 1. The van der Waals surface area contributed by atoms with Crippen molar-refractivity contribution in [1.29, 1.82) is 0 Å². The summed E-state index contributed by atoms with van der Waals surface area (Å²) in [5.74, 6) is -1.05. The molecule has 0 radical (unpaired) electrons. The largest absolute Gasteiger partial charge is 0.469 e. The Morgan fingerprint density at radius 2 is 2.15 bits per heavy atom. The topological polar surface area (TPSA) is 98.5 Å². The van der Waals surface area contributed by atoms with E-state index >= 15 is 0 Å². The standard InChI is InChI=1S/C12H14N2O5S/c1-19-11(15)5-6-13-12(16)9-7-8(20-2)3-4-10(9)14(17)18/h3-4,7H,5-6H2,1-2H3,(H,13,16). The molecule has 108 valence electrons. The Hall–Kier alpha value is -2.09. The molecule has 0 aliphatic rings. The number of ether oxygens (including phenoxy) is 1. The smallest absolute Gasteiger partial charge is 0.307 e. The average Bonchev–Trinajstić information content (AvgIpc) is 2.45. The van der Waals surface area contributed by atoms with E-state index in [0.717, 1.165) is 4.90 Å². The predicted molar refractivity (Wildman–Crippen MR) is 73.8 cm³/mol. The van der Waals surface area contributed by atoms with Crippen molar-refractivity contribution in [3.63, 3.8) is 0 Å². The predicted octanol–water partition coefficient (Wildman–Crippen LogP) is 1.61. The lowest BCUT2D eigenvalue weighted by atomic mass is 10.1. The van der Waals surface area contributed by atoms with Crippen molar-refractivity contribution in [2.45, 2.75) is 11.3 Å². The van der Waals surface area contributed by atoms with Crippen molar-refractivity contribution in [2.24, 2.45) is 0 Å². The van der Waals surface area contributed by atoms with Crippen LogP contribution in [0.2, 0.25) is 0 Å². The Morgan fingerprint density at radius 3 is 2.70 bits per heavy atom. The van der Waals surface area contributed by atoms with Gasteiger partial charge in [-0.1, -0.05) is 0 Å². The van der Waals surface area contributed by atoms with Crippen molar-refractivity contribution >= 4 is 29.3 Å². The van der Waals surface area contributed by atoms with Gasteiger partial charge in [-0.05, 0) is 18.4 Å². The van der Waals surface area contributed by atoms with Crippen LogP contribution in [0, 0.1) is 10.1 Å². The van der Waals surface area contributed by atoms with Crippen LogP contribution in [-0.4, -0.2) is 36.7 Å². The van der Waals surface area contributed by atoms with E-state index in [-0.39, 0.29) is 24.2 Å². The molecule has 7 nitrogen and oxygen atoms in total. The summed E-state index contributed by atoms with van der Waals surface area (Å²) in [4.78, 5) is 33.9. The highest BCUT2D eigenvalue weighted by Gasteiger charge is 2.20. The number of carbonyl (C=O) groups is 2. The third-order valence-corrected chi connectivity index (χ3v) is 3.21. The lowest BCUT2D eigenvalue weighted by Gasteiger charge is -2.06. The van der Waals surface area contributed by atoms with Gasteiger partial charge in [-0.2, -0.15) is 0 Å². The molecule has 1 aromatic carbocycles. The maximum atomic E-state index is 11.9. The number of nitrogens with zero attached hydrogens (tertiary/aromatic N) is 1. The molecule has 0 fully saturated rings. The van der Waals surface area contributed by atoms with Crippen molar-refractivity contribution in [3.05, 3.63) is 33.9 Å². The summed E-state index contributed by atoms with van der Waals surface area (Å²) < 4.78 is 4.43. The molecule has 0 aliphatic heterocycles. The Balaban J connectivity index is 2.84. The molecule has 0 aromatic heterocycles. The fraction of sp³-hybridized carbons (Fsp3) is 0.333. The molecule has 0 saturated heterocycles. The molecule has 0 bridgehead atoms. The summed E-state index contributed by atoms with van der Waals surface area (Å²) in [5.41, 5.74) is -0.287. The van der Waals surface area contributed by atoms with Crippen LogP contribution in [0.4, 0.5) is 5.69 Å². The van der Waals surface area contributed by atoms with E-state index in [2.05, 4.69) is 10.1 Å². The summed E-state index contributed by atoms with van der Waals surface area (Å²) in [5, 5.41) is 13.4. The minimum atomic E-state index is -0.612. The van der Waals surface area contributed by atoms with Crippen LogP contribution in [0.1, 0.15) is 16.8 Å². The first kappa shape index (κ1) is 16.0. The Bertz CT molecular complexity index is 533. The normalized spacial score (nSPS) is 9.90. The highest BCUT2D eigenvalue weighted by atomic mass is 32.2. The van der Waals surface area contributed by atoms with E-state index in [9.17, 15) is 19.7 Å². The fourth-order valence-corrected chi connectivity index (χ4v) is 1.90. The quantitative estimate of drug-likeness (QED) is 0.371. The van der Waals surface area contributed by atoms with Crippen LogP contribution in [0.15, 0.2) is 23.1 Å². The zero-order valence-corrected chi connectivity index (χ0v) is 11.9. The van der Waals surface area contributed by atoms with Crippen LogP contribution in [0.3, 0.4) is 0 Å². The van der Waals surface area contributed by atoms with E-state index in [1.807, 2.05) is 0 Å². The molecule has 0 spiro atoms. The second-order valence-corrected chi connectivity index (χ2v) is 4.60. The molecule has 0 atom stereocenters. The molecule has 20 heavy (non-hydrogen) atoms. The molecule has 0 unspecified atom stereocenters. The first-order chi connectivity index (χ1) is 9.49. The fourth-order valence-electron chi connectivity index (χ4n) is 1.46. The third kappa shape index (κ3) is 4.23. The maximum absolute atomic E-state index is 11.9. The molecular formula is C12H14N2O5S. The van der Waals surface area contributed by atoms with E-state index in [1.165, 1.54) is 31.0 Å². The number of amides is 1. The average molecular weight is 298 g/mol. The summed E-state index contributed by atoms with van der Waals surface area (Å²) in [6, 6.07) is 4.32. The van der Waals surface area contributed by atoms with Gasteiger partial charge in [0.25, 0.3) is 11.6 Å². The van der Waals surface area contributed by atoms with Crippen molar-refractivity contribution in [3.8, 4) is 0 Å². The van der Waals surface area contributed by atoms with Gasteiger partial charge < -0.3 is 10.1 Å². The highest BCUT2D eigenvalue weighted by molar-refractivity contribution is 7.98. The number of nitrogens with one attached hydrogen (secondary N) is 1. The van der Waals surface area contributed by atoms with Gasteiger partial charge in [-0.25, -0.2) is 0 Å². The first-order valence-corrected chi connectivity index (χ1v) is 6.89. The Morgan fingerprint density at radius 1 is 1.45 bits per heavy atom. The number of esters is 1. The SMILES string of the molecule is COC(=O)CCNC(=O)c1cc(SC)ccc1[N+](=O)[O-]. The molecule has 1 aromatic rings. The van der Waals surface area contributed by atoms with Gasteiger partial charge in [0.2, 0.25) is 0 Å². The number of hydrogen-bond donors (Lipinski definition) is 1. The zero-order chi connectivity index (χ0) is 15.1. The number of benzene rings is 1. The van der Waals surface area contributed by atoms with Gasteiger partial charge in [0.15, 0.2) is 0 Å². The van der Waals surface area contributed by atoms with Crippen LogP contribution >= 0.6 is 11.8 Å². The van der Waals surface area contributed by atoms with Crippen LogP contribution < -0.4 is 5.32 Å². The Kier molecular flexibility index (Phi) is 5.98. The second kappa shape index (κ2) is 7.49. The summed E-state index contributed by atoms with van der Waals surface area (Å²) >= 11 is 1.38. The molecule has 8 heteroatoms. The highest BCUT2D eigenvalue weighted by Crippen LogP contribution is 2.24. The monoisotopic (exact) mass is 298 g/mol. The van der Waals surface area contributed by atoms with Gasteiger partial charge >= 0.3 is 5.97 Å². The van der Waals surface area contributed by atoms with Crippen molar-refractivity contribution in [2.75, 3.05) is 19.9 Å². The number of nitro benzene ring substituents is 1. The minimum Gasteiger partial charge on any atom is -0.469 e. The van der Waals surface area contributed by atoms with Crippen LogP contribution in [-0.2, 0) is 9.53 Å². The lowest BCUT2D eigenvalue weighted by molar-refractivity contribution is -0.385. The number of rotatable bonds is 6. The van der Waals surface area contributed by atoms with Gasteiger partial charge in [0.1, 0.15) is 5.56 Å². The number of hydrogen-bond acceptors (Lipinski definition) is 6. The van der Waals surface area contributed by atoms with Gasteiger partial charge in [-0.15, -0.1) is 11.8 Å². The van der Waals surface area contributed by atoms with E-state index in [0.29, 0.717) is 0 Å². The van der Waals surface area contributed by atoms with Gasteiger partial charge in [0, 0.05) is 17.5 Å². The second-order valence-electron chi connectivity index (χ2n) is 3.72. The molecule has 0 heterocycles. The molecule has 1 N–H and O–H groups in total. The number of carbonyl (C=O) groups excluding carboxylic acids is 2. The maximum Gasteiger partial charge on any atom is 0.307 e. The number of thioether (sulfide) groups is 1. The van der Waals surface area contributed by atoms with Gasteiger partial charge in [-0.3, -0.25) is 19.7 Å². The van der Waals surface area contributed by atoms with Crippen LogP contribution in [0.25, 0.3) is 0 Å². The zero-order valence-electron chi connectivity index (χ0n) is 11.0. The summed E-state index contributed by atoms with van der Waals surface area (Å²) in [6.07, 6.45) is 1.82. The number of nitro groups is 1. The van der Waals surface area contributed by atoms with E-state index < -0.39 is 16.8 Å². The van der Waals surface area contributed by atoms with Gasteiger partial charge in [0.05, 0.1) is 18.5 Å². The molecular weight excluding hydrogens is 284 g/mol. The third-order valence-electron chi connectivity index (χ3n) is 2.49. The van der Waals surface area contributed by atoms with E-state index in [4.69, 9.17) is 0 Å². The van der Waals surface area contributed by atoms with E-state index in [1.54, 1.807) is 12.3 Å². The summed E-state index contributed by atoms with van der Waals surface area (Å²) in [6.45, 7) is 0.0617. The molecule has 0 aliphatic carbocycles. The van der Waals surface area contributed by atoms with Crippen LogP contribution in [0.5, 0.6) is 0 Å². The minimum absolute atomic E-state index is 0.0122. The van der Waals surface area contributed by atoms with Crippen molar-refractivity contribution in [1.82, 2.24) is 5.32 Å². The molecule has 1 rings (SSSR count). The molecule has 1 amide bonds. The first-order valence-electron chi connectivity index (χ1n) is 5.67. The lowest BCUT2D eigenvalue weighted by Crippen LogP contribution is -2.27. The van der Waals surface area contributed by atoms with Crippen molar-refractivity contribution < 1.29 is 19.2 Å². The Labute approximate surface area is 119 Å². The molecule has 0 saturated carbocycles.